The molecule has 1 aromatic carbocycles. The molecule has 1 N–H and O–H groups in total. The molecule has 3 rings (SSSR count). The summed E-state index contributed by atoms with van der Waals surface area (Å²) in [4.78, 5) is 27.7. The Morgan fingerprint density at radius 2 is 2.15 bits per heavy atom. The molecule has 0 aliphatic carbocycles. The van der Waals surface area contributed by atoms with Crippen LogP contribution < -0.4 is 19.9 Å². The van der Waals surface area contributed by atoms with E-state index >= 15 is 0 Å². The number of piperidine rings is 1. The molecule has 9 heteroatoms. The zero-order valence-electron chi connectivity index (χ0n) is 15.5. The molecule has 0 spiro atoms. The number of benzene rings is 1. The molecule has 1 fully saturated rings. The fourth-order valence-corrected chi connectivity index (χ4v) is 3.71. The molecule has 1 saturated heterocycles. The minimum Gasteiger partial charge on any atom is -0.496 e. The molecule has 8 nitrogen and oxygen atoms in total. The van der Waals surface area contributed by atoms with Crippen molar-refractivity contribution in [2.75, 3.05) is 37.0 Å². The second kappa shape index (κ2) is 8.81. The summed E-state index contributed by atoms with van der Waals surface area (Å²) in [6, 6.07) is 7.56. The van der Waals surface area contributed by atoms with Gasteiger partial charge in [0, 0.05) is 32.1 Å². The van der Waals surface area contributed by atoms with Crippen LogP contribution >= 0.6 is 11.3 Å². The quantitative estimate of drug-likeness (QED) is 0.777. The van der Waals surface area contributed by atoms with Crippen LogP contribution in [0.25, 0.3) is 0 Å². The molecule has 1 aliphatic heterocycles. The fraction of sp³-hybridized carbons (Fsp3) is 0.444. The summed E-state index contributed by atoms with van der Waals surface area (Å²) >= 11 is 1.32. The van der Waals surface area contributed by atoms with Crippen molar-refractivity contribution in [2.24, 2.45) is 0 Å². The number of nitrogens with one attached hydrogen (secondary N) is 1. The van der Waals surface area contributed by atoms with Crippen molar-refractivity contribution in [3.63, 3.8) is 0 Å². The number of carbonyl (C=O) groups excluding carboxylic acids is 2. The van der Waals surface area contributed by atoms with E-state index in [0.717, 1.165) is 24.2 Å². The van der Waals surface area contributed by atoms with Gasteiger partial charge >= 0.3 is 0 Å². The summed E-state index contributed by atoms with van der Waals surface area (Å²) in [5.74, 6) is 0.696. The average Bonchev–Trinajstić information content (AvgIpc) is 3.17. The van der Waals surface area contributed by atoms with Crippen LogP contribution in [0, 0.1) is 0 Å². The van der Waals surface area contributed by atoms with Crippen molar-refractivity contribution in [1.82, 2.24) is 15.5 Å². The molecule has 2 heterocycles. The van der Waals surface area contributed by atoms with Crippen LogP contribution in [0.4, 0.5) is 10.3 Å². The highest BCUT2D eigenvalue weighted by atomic mass is 32.1. The van der Waals surface area contributed by atoms with Gasteiger partial charge in [-0.05, 0) is 18.9 Å². The van der Waals surface area contributed by atoms with Crippen molar-refractivity contribution in [3.05, 3.63) is 29.8 Å². The van der Waals surface area contributed by atoms with E-state index in [1.54, 1.807) is 24.0 Å². The second-order valence-corrected chi connectivity index (χ2v) is 7.25. The van der Waals surface area contributed by atoms with Gasteiger partial charge in [0.2, 0.25) is 22.1 Å². The Kier molecular flexibility index (Phi) is 6.23. The first-order valence-electron chi connectivity index (χ1n) is 8.82. The Hall–Kier alpha value is -2.68. The van der Waals surface area contributed by atoms with Crippen molar-refractivity contribution in [1.29, 1.82) is 0 Å². The monoisotopic (exact) mass is 389 g/mol. The van der Waals surface area contributed by atoms with E-state index in [1.807, 2.05) is 24.3 Å². The first-order chi connectivity index (χ1) is 13.1. The number of anilines is 2. The van der Waals surface area contributed by atoms with E-state index in [4.69, 9.17) is 4.74 Å². The topological polar surface area (TPSA) is 87.7 Å². The number of para-hydroxylation sites is 1. The summed E-state index contributed by atoms with van der Waals surface area (Å²) in [6.07, 6.45) is 2.45. The molecule has 1 aromatic heterocycles. The van der Waals surface area contributed by atoms with Crippen LogP contribution in [0.2, 0.25) is 0 Å². The Labute approximate surface area is 162 Å². The van der Waals surface area contributed by atoms with Gasteiger partial charge in [0.15, 0.2) is 0 Å². The number of carbonyl (C=O) groups is 2. The zero-order valence-corrected chi connectivity index (χ0v) is 16.3. The summed E-state index contributed by atoms with van der Waals surface area (Å²) in [5, 5.41) is 12.3. The van der Waals surface area contributed by atoms with Crippen LogP contribution in [0.15, 0.2) is 24.3 Å². The van der Waals surface area contributed by atoms with Gasteiger partial charge in [-0.15, -0.1) is 10.2 Å². The maximum absolute atomic E-state index is 12.3. The molecule has 27 heavy (non-hydrogen) atoms. The lowest BCUT2D eigenvalue weighted by atomic mass is 10.1. The smallest absolute Gasteiger partial charge is 0.239 e. The number of amides is 2. The highest BCUT2D eigenvalue weighted by molar-refractivity contribution is 7.19. The maximum atomic E-state index is 12.3. The van der Waals surface area contributed by atoms with Crippen LogP contribution in [-0.4, -0.2) is 49.3 Å². The highest BCUT2D eigenvalue weighted by Gasteiger charge is 2.24. The van der Waals surface area contributed by atoms with Crippen molar-refractivity contribution < 1.29 is 14.3 Å². The standard InChI is InChI=1S/C18H23N5O3S/c1-22(12-15(24)19-11-13-7-3-4-8-14(13)26-2)17-20-21-18(27-17)23-10-6-5-9-16(23)25/h3-4,7-8H,5-6,9-12H2,1-2H3,(H,19,24). The summed E-state index contributed by atoms with van der Waals surface area (Å²) < 4.78 is 5.29. The molecular formula is C18H23N5O3S. The molecule has 0 unspecified atom stereocenters. The summed E-state index contributed by atoms with van der Waals surface area (Å²) in [6.45, 7) is 1.22. The number of likely N-dealkylation sites (N-methyl/N-ethyl adjacent to an activating group) is 1. The zero-order chi connectivity index (χ0) is 19.2. The molecule has 0 saturated carbocycles. The van der Waals surface area contributed by atoms with E-state index < -0.39 is 0 Å². The number of ether oxygens (including phenoxy) is 1. The van der Waals surface area contributed by atoms with Crippen molar-refractivity contribution in [3.8, 4) is 5.75 Å². The van der Waals surface area contributed by atoms with E-state index in [-0.39, 0.29) is 18.4 Å². The van der Waals surface area contributed by atoms with Crippen LogP contribution in [0.5, 0.6) is 5.75 Å². The highest BCUT2D eigenvalue weighted by Crippen LogP contribution is 2.28. The van der Waals surface area contributed by atoms with Gasteiger partial charge in [0.1, 0.15) is 5.75 Å². The number of rotatable bonds is 7. The first kappa shape index (κ1) is 19.1. The third-order valence-corrected chi connectivity index (χ3v) is 5.39. The van der Waals surface area contributed by atoms with Gasteiger partial charge in [0.05, 0.1) is 13.7 Å². The van der Waals surface area contributed by atoms with E-state index in [0.29, 0.717) is 29.8 Å². The molecule has 0 atom stereocenters. The Morgan fingerprint density at radius 1 is 1.33 bits per heavy atom. The number of hydrogen-bond acceptors (Lipinski definition) is 7. The second-order valence-electron chi connectivity index (χ2n) is 6.31. The lowest BCUT2D eigenvalue weighted by molar-refractivity contribution is -0.120. The SMILES string of the molecule is COc1ccccc1CNC(=O)CN(C)c1nnc(N2CCCCC2=O)s1. The third-order valence-electron chi connectivity index (χ3n) is 4.33. The minimum atomic E-state index is -0.130. The number of nitrogens with zero attached hydrogens (tertiary/aromatic N) is 4. The van der Waals surface area contributed by atoms with E-state index in [2.05, 4.69) is 15.5 Å². The number of methoxy groups -OCH3 is 1. The molecular weight excluding hydrogens is 366 g/mol. The molecule has 144 valence electrons. The van der Waals surface area contributed by atoms with Crippen molar-refractivity contribution >= 4 is 33.4 Å². The lowest BCUT2D eigenvalue weighted by Crippen LogP contribution is -2.35. The molecule has 2 aromatic rings. The average molecular weight is 389 g/mol. The van der Waals surface area contributed by atoms with Gasteiger partial charge in [0.25, 0.3) is 0 Å². The largest absolute Gasteiger partial charge is 0.496 e. The van der Waals surface area contributed by atoms with Gasteiger partial charge in [-0.2, -0.15) is 0 Å². The molecule has 0 radical (unpaired) electrons. The number of aromatic nitrogens is 2. The van der Waals surface area contributed by atoms with Gasteiger partial charge < -0.3 is 15.0 Å². The predicted octanol–water partition coefficient (Wildman–Crippen LogP) is 1.82. The Balaban J connectivity index is 1.54. The summed E-state index contributed by atoms with van der Waals surface area (Å²) in [5.41, 5.74) is 0.915. The maximum Gasteiger partial charge on any atom is 0.239 e. The van der Waals surface area contributed by atoms with Crippen LogP contribution in [0.1, 0.15) is 24.8 Å². The normalized spacial score (nSPS) is 14.1. The molecule has 2 amide bonds. The van der Waals surface area contributed by atoms with Gasteiger partial charge in [-0.1, -0.05) is 29.5 Å². The van der Waals surface area contributed by atoms with Crippen LogP contribution in [0.3, 0.4) is 0 Å². The first-order valence-corrected chi connectivity index (χ1v) is 9.63. The summed E-state index contributed by atoms with van der Waals surface area (Å²) in [7, 11) is 3.39. The van der Waals surface area contributed by atoms with Gasteiger partial charge in [-0.25, -0.2) is 0 Å². The van der Waals surface area contributed by atoms with Crippen molar-refractivity contribution in [2.45, 2.75) is 25.8 Å². The minimum absolute atomic E-state index is 0.0844. The third kappa shape index (κ3) is 4.73. The van der Waals surface area contributed by atoms with Crippen LogP contribution in [-0.2, 0) is 16.1 Å². The number of hydrogen-bond donors (Lipinski definition) is 1. The van der Waals surface area contributed by atoms with Gasteiger partial charge in [-0.3, -0.25) is 14.5 Å². The lowest BCUT2D eigenvalue weighted by Gasteiger charge is -2.23. The molecule has 1 aliphatic rings. The molecule has 0 bridgehead atoms. The predicted molar refractivity (Wildman–Crippen MR) is 104 cm³/mol. The Morgan fingerprint density at radius 3 is 2.93 bits per heavy atom. The van der Waals surface area contributed by atoms with E-state index in [9.17, 15) is 9.59 Å². The Bertz CT molecular complexity index is 810. The fourth-order valence-electron chi connectivity index (χ4n) is 2.86. The van der Waals surface area contributed by atoms with E-state index in [1.165, 1.54) is 11.3 Å².